The van der Waals surface area contributed by atoms with Gasteiger partial charge in [-0.1, -0.05) is 26.8 Å². The summed E-state index contributed by atoms with van der Waals surface area (Å²) >= 11 is 0. The molecular formula is C27H34N2O7Si. The number of benzene rings is 1. The summed E-state index contributed by atoms with van der Waals surface area (Å²) in [5, 5.41) is 0.0349. The van der Waals surface area contributed by atoms with Crippen molar-refractivity contribution in [2.24, 2.45) is 0 Å². The zero-order chi connectivity index (χ0) is 27.5. The normalized spacial score (nSPS) is 12.1. The monoisotopic (exact) mass is 526 g/mol. The van der Waals surface area contributed by atoms with Gasteiger partial charge >= 0.3 is 5.97 Å². The molecule has 0 spiro atoms. The summed E-state index contributed by atoms with van der Waals surface area (Å²) in [5.41, 5.74) is 1.08. The summed E-state index contributed by atoms with van der Waals surface area (Å²) in [4.78, 5) is 33.0. The Morgan fingerprint density at radius 1 is 0.973 bits per heavy atom. The van der Waals surface area contributed by atoms with E-state index in [2.05, 4.69) is 48.6 Å². The summed E-state index contributed by atoms with van der Waals surface area (Å²) in [6, 6.07) is 5.68. The van der Waals surface area contributed by atoms with E-state index in [4.69, 9.17) is 18.0 Å². The van der Waals surface area contributed by atoms with E-state index in [-0.39, 0.29) is 46.2 Å². The van der Waals surface area contributed by atoms with Crippen molar-refractivity contribution in [3.8, 4) is 11.5 Å². The Hall–Kier alpha value is -3.66. The molecule has 0 aliphatic carbocycles. The van der Waals surface area contributed by atoms with Crippen LogP contribution in [0.15, 0.2) is 27.0 Å². The van der Waals surface area contributed by atoms with E-state index in [0.29, 0.717) is 17.3 Å². The number of oxazole rings is 2. The zero-order valence-corrected chi connectivity index (χ0v) is 23.8. The van der Waals surface area contributed by atoms with Gasteiger partial charge in [0, 0.05) is 6.08 Å². The molecule has 0 saturated carbocycles. The van der Waals surface area contributed by atoms with Gasteiger partial charge in [-0.15, -0.1) is 0 Å². The molecule has 2 heterocycles. The maximum atomic E-state index is 12.8. The Morgan fingerprint density at radius 2 is 1.65 bits per heavy atom. The number of hydrogen-bond donors (Lipinski definition) is 0. The van der Waals surface area contributed by atoms with Gasteiger partial charge in [0.1, 0.15) is 23.0 Å². The van der Waals surface area contributed by atoms with Gasteiger partial charge in [-0.2, -0.15) is 0 Å². The maximum Gasteiger partial charge on any atom is 0.360 e. The third kappa shape index (κ3) is 6.37. The van der Waals surface area contributed by atoms with Crippen molar-refractivity contribution in [1.29, 1.82) is 0 Å². The molecule has 3 rings (SSSR count). The molecule has 0 aliphatic rings. The number of ketones is 1. The van der Waals surface area contributed by atoms with Crippen LogP contribution in [0.4, 0.5) is 0 Å². The van der Waals surface area contributed by atoms with Gasteiger partial charge in [-0.25, -0.2) is 14.8 Å². The fourth-order valence-corrected chi connectivity index (χ4v) is 4.27. The fraction of sp³-hybridized carbons (Fsp3) is 0.407. The van der Waals surface area contributed by atoms with Crippen molar-refractivity contribution >= 4 is 32.2 Å². The minimum Gasteiger partial charge on any atom is -0.541 e. The number of ether oxygens (including phenoxy) is 2. The summed E-state index contributed by atoms with van der Waals surface area (Å²) in [6.45, 7) is 14.1. The van der Waals surface area contributed by atoms with Gasteiger partial charge in [0.2, 0.25) is 11.8 Å². The highest BCUT2D eigenvalue weighted by Crippen LogP contribution is 2.40. The first kappa shape index (κ1) is 27.9. The van der Waals surface area contributed by atoms with Crippen molar-refractivity contribution in [3.63, 3.8) is 0 Å². The number of esters is 1. The first-order valence-electron chi connectivity index (χ1n) is 11.9. The summed E-state index contributed by atoms with van der Waals surface area (Å²) < 4.78 is 27.8. The van der Waals surface area contributed by atoms with Crippen LogP contribution in [0.5, 0.6) is 11.5 Å². The first-order chi connectivity index (χ1) is 17.3. The Balaban J connectivity index is 1.79. The molecular weight excluding hydrogens is 492 g/mol. The van der Waals surface area contributed by atoms with Gasteiger partial charge in [0.25, 0.3) is 8.32 Å². The number of aromatic nitrogens is 2. The predicted molar refractivity (Wildman–Crippen MR) is 142 cm³/mol. The van der Waals surface area contributed by atoms with E-state index >= 15 is 0 Å². The molecule has 2 aromatic heterocycles. The second kappa shape index (κ2) is 10.8. The van der Waals surface area contributed by atoms with Crippen LogP contribution in [0.2, 0.25) is 18.1 Å². The number of Topliss-reactive ketones (excluding diaryl/α,β-unsaturated/α-hetero) is 1. The van der Waals surface area contributed by atoms with E-state index in [0.717, 1.165) is 5.56 Å². The van der Waals surface area contributed by atoms with Crippen LogP contribution in [0, 0.1) is 13.8 Å². The molecule has 1 aromatic carbocycles. The molecule has 0 unspecified atom stereocenters. The molecule has 198 valence electrons. The average Bonchev–Trinajstić information content (AvgIpc) is 3.37. The SMILES string of the molecule is COC(=O)c1nc(CC(=O)c2nc(/C=C/c3ccc(OC)c(O[Si](C)(C)C(C)(C)C)c3)oc2C)oc1C. The molecule has 0 N–H and O–H groups in total. The lowest BCUT2D eigenvalue weighted by atomic mass is 10.2. The highest BCUT2D eigenvalue weighted by molar-refractivity contribution is 6.74. The van der Waals surface area contributed by atoms with E-state index in [9.17, 15) is 9.59 Å². The maximum absolute atomic E-state index is 12.8. The number of rotatable bonds is 9. The van der Waals surface area contributed by atoms with Gasteiger partial charge in [0.05, 0.1) is 20.6 Å². The number of hydrogen-bond acceptors (Lipinski definition) is 9. The Labute approximate surface area is 218 Å². The van der Waals surface area contributed by atoms with Crippen LogP contribution in [0.1, 0.15) is 70.6 Å². The number of aryl methyl sites for hydroxylation is 2. The second-order valence-corrected chi connectivity index (χ2v) is 14.9. The lowest BCUT2D eigenvalue weighted by molar-refractivity contribution is 0.0592. The molecule has 0 radical (unpaired) electrons. The lowest BCUT2D eigenvalue weighted by Gasteiger charge is -2.36. The Bertz CT molecular complexity index is 1330. The summed E-state index contributed by atoms with van der Waals surface area (Å²) in [5.74, 6) is 1.43. The van der Waals surface area contributed by atoms with Crippen LogP contribution in [0.3, 0.4) is 0 Å². The molecule has 3 aromatic rings. The quantitative estimate of drug-likeness (QED) is 0.187. The van der Waals surface area contributed by atoms with Crippen molar-refractivity contribution in [2.45, 2.75) is 59.2 Å². The van der Waals surface area contributed by atoms with Gasteiger partial charge in [0.15, 0.2) is 17.2 Å². The van der Waals surface area contributed by atoms with E-state index in [1.165, 1.54) is 7.11 Å². The predicted octanol–water partition coefficient (Wildman–Crippen LogP) is 6.05. The highest BCUT2D eigenvalue weighted by atomic mass is 28.4. The molecule has 37 heavy (non-hydrogen) atoms. The zero-order valence-electron chi connectivity index (χ0n) is 22.8. The second-order valence-electron chi connectivity index (χ2n) is 10.2. The van der Waals surface area contributed by atoms with Crippen LogP contribution in [-0.2, 0) is 11.2 Å². The molecule has 9 nitrogen and oxygen atoms in total. The van der Waals surface area contributed by atoms with Crippen molar-refractivity contribution < 1.29 is 32.3 Å². The largest absolute Gasteiger partial charge is 0.541 e. The Kier molecular flexibility index (Phi) is 8.11. The summed E-state index contributed by atoms with van der Waals surface area (Å²) in [7, 11) is 0.798. The third-order valence-corrected chi connectivity index (χ3v) is 10.7. The van der Waals surface area contributed by atoms with E-state index in [1.54, 1.807) is 27.0 Å². The van der Waals surface area contributed by atoms with Crippen molar-refractivity contribution in [1.82, 2.24) is 9.97 Å². The molecule has 0 aliphatic heterocycles. The molecule has 0 fully saturated rings. The van der Waals surface area contributed by atoms with Crippen LogP contribution < -0.4 is 9.16 Å². The van der Waals surface area contributed by atoms with Crippen LogP contribution in [0.25, 0.3) is 12.2 Å². The van der Waals surface area contributed by atoms with Crippen LogP contribution in [-0.4, -0.2) is 44.3 Å². The smallest absolute Gasteiger partial charge is 0.360 e. The minimum absolute atomic E-state index is 0.0349. The average molecular weight is 527 g/mol. The van der Waals surface area contributed by atoms with Gasteiger partial charge in [-0.3, -0.25) is 4.79 Å². The fourth-order valence-electron chi connectivity index (χ4n) is 3.25. The lowest BCUT2D eigenvalue weighted by Crippen LogP contribution is -2.43. The first-order valence-corrected chi connectivity index (χ1v) is 14.8. The molecule has 0 bridgehead atoms. The standard InChI is InChI=1S/C27H34N2O7Si/c1-16-24(19(30)15-23-29-25(17(2)35-23)26(31)33-7)28-22(34-16)13-11-18-10-12-20(32-6)21(14-18)36-37(8,9)27(3,4)5/h10-14H,15H2,1-9H3/b13-11+. The van der Waals surface area contributed by atoms with Crippen LogP contribution >= 0.6 is 0 Å². The van der Waals surface area contributed by atoms with Gasteiger partial charge < -0.3 is 22.7 Å². The number of methoxy groups -OCH3 is 2. The molecule has 0 amide bonds. The van der Waals surface area contributed by atoms with E-state index in [1.807, 2.05) is 24.3 Å². The molecule has 10 heteroatoms. The number of nitrogens with zero attached hydrogens (tertiary/aromatic N) is 2. The topological polar surface area (TPSA) is 114 Å². The number of carbonyl (C=O) groups is 2. The highest BCUT2D eigenvalue weighted by Gasteiger charge is 2.39. The molecule has 0 atom stereocenters. The minimum atomic E-state index is -2.07. The Morgan fingerprint density at radius 3 is 2.27 bits per heavy atom. The van der Waals surface area contributed by atoms with Crippen molar-refractivity contribution in [3.05, 3.63) is 58.5 Å². The third-order valence-electron chi connectivity index (χ3n) is 6.39. The number of carbonyl (C=O) groups excluding carboxylic acids is 2. The van der Waals surface area contributed by atoms with E-state index < -0.39 is 14.3 Å². The summed E-state index contributed by atoms with van der Waals surface area (Å²) in [6.07, 6.45) is 3.35. The van der Waals surface area contributed by atoms with Gasteiger partial charge in [-0.05, 0) is 55.8 Å². The van der Waals surface area contributed by atoms with Crippen molar-refractivity contribution in [2.75, 3.05) is 14.2 Å². The molecule has 0 saturated heterocycles.